The summed E-state index contributed by atoms with van der Waals surface area (Å²) >= 11 is 13.5. The first-order valence-corrected chi connectivity index (χ1v) is 7.73. The van der Waals surface area contributed by atoms with Crippen LogP contribution in [-0.4, -0.2) is 22.1 Å². The summed E-state index contributed by atoms with van der Waals surface area (Å²) in [5, 5.41) is 0. The van der Waals surface area contributed by atoms with Crippen molar-refractivity contribution in [3.63, 3.8) is 0 Å². The van der Waals surface area contributed by atoms with Crippen LogP contribution in [0.5, 0.6) is 0 Å². The Morgan fingerprint density at radius 2 is 1.56 bits per heavy atom. The normalized spacial score (nSPS) is 31.9. The molecule has 0 aromatic rings. The summed E-state index contributed by atoms with van der Waals surface area (Å²) in [7, 11) is 0. The lowest BCUT2D eigenvalue weighted by Gasteiger charge is -2.41. The zero-order valence-electron chi connectivity index (χ0n) is 9.22. The number of alkyl halides is 1. The molecule has 4 nitrogen and oxygen atoms in total. The van der Waals surface area contributed by atoms with Crippen molar-refractivity contribution < 1.29 is 9.59 Å². The lowest BCUT2D eigenvalue weighted by Crippen LogP contribution is -2.48. The van der Waals surface area contributed by atoms with E-state index in [1.807, 2.05) is 6.92 Å². The Hall–Kier alpha value is 0.160. The van der Waals surface area contributed by atoms with E-state index >= 15 is 0 Å². The molecule has 1 rings (SSSR count). The molecule has 0 saturated heterocycles. The minimum atomic E-state index is -1.24. The van der Waals surface area contributed by atoms with E-state index in [0.717, 1.165) is 10.1 Å². The fraction of sp³-hybridized carbons (Fsp3) is 0.400. The highest BCUT2D eigenvalue weighted by Gasteiger charge is 2.55. The van der Waals surface area contributed by atoms with Crippen molar-refractivity contribution in [2.75, 3.05) is 0 Å². The number of isocyanates is 2. The average molecular weight is 506 g/mol. The molecule has 0 fully saturated rings. The Balaban J connectivity index is 3.78. The van der Waals surface area contributed by atoms with E-state index < -0.39 is 9.99 Å². The van der Waals surface area contributed by atoms with Gasteiger partial charge in [0.15, 0.2) is 4.45 Å². The molecule has 0 spiro atoms. The maximum Gasteiger partial charge on any atom is 0.236 e. The molecule has 1 aliphatic rings. The van der Waals surface area contributed by atoms with Crippen LogP contribution in [0.15, 0.2) is 29.0 Å². The van der Waals surface area contributed by atoms with Crippen molar-refractivity contribution in [1.29, 1.82) is 0 Å². The van der Waals surface area contributed by atoms with Crippen LogP contribution in [0, 0.1) is 0 Å². The second kappa shape index (κ2) is 5.65. The smallest absolute Gasteiger partial charge is 0.211 e. The topological polar surface area (TPSA) is 58.9 Å². The zero-order valence-corrected chi connectivity index (χ0v) is 15.6. The highest BCUT2D eigenvalue weighted by atomic mass is 79.9. The molecule has 0 N–H and O–H groups in total. The highest BCUT2D eigenvalue weighted by molar-refractivity contribution is 9.15. The molecule has 0 heterocycles. The summed E-state index contributed by atoms with van der Waals surface area (Å²) in [6.07, 6.45) is 3.00. The second-order valence-electron chi connectivity index (χ2n) is 3.67. The molecule has 0 aliphatic heterocycles. The van der Waals surface area contributed by atoms with Gasteiger partial charge in [-0.1, -0.05) is 31.9 Å². The van der Waals surface area contributed by atoms with Crippen molar-refractivity contribution in [3.8, 4) is 0 Å². The maximum absolute atomic E-state index is 10.7. The van der Waals surface area contributed by atoms with Crippen molar-refractivity contribution in [1.82, 2.24) is 0 Å². The minimum Gasteiger partial charge on any atom is -0.211 e. The lowest BCUT2D eigenvalue weighted by atomic mass is 9.86. The first-order chi connectivity index (χ1) is 8.26. The highest BCUT2D eigenvalue weighted by Crippen LogP contribution is 2.56. The Kier molecular flexibility index (Phi) is 5.09. The summed E-state index contributed by atoms with van der Waals surface area (Å²) < 4.78 is 0.649. The van der Waals surface area contributed by atoms with E-state index in [-0.39, 0.29) is 0 Å². The molecular formula is C10H6Br4N2O2. The Morgan fingerprint density at radius 3 is 2.00 bits per heavy atom. The van der Waals surface area contributed by atoms with E-state index in [4.69, 9.17) is 0 Å². The first-order valence-electron chi connectivity index (χ1n) is 4.56. The minimum absolute atomic E-state index is 0.579. The van der Waals surface area contributed by atoms with Gasteiger partial charge < -0.3 is 0 Å². The summed E-state index contributed by atoms with van der Waals surface area (Å²) in [4.78, 5) is 28.9. The van der Waals surface area contributed by atoms with Crippen LogP contribution in [0.25, 0.3) is 0 Å². The molecule has 0 bridgehead atoms. The van der Waals surface area contributed by atoms with Crippen molar-refractivity contribution >= 4 is 75.9 Å². The lowest BCUT2D eigenvalue weighted by molar-refractivity contribution is 0.463. The first kappa shape index (κ1) is 16.2. The molecular weight excluding hydrogens is 500 g/mol. The number of halogens is 4. The fourth-order valence-electron chi connectivity index (χ4n) is 1.52. The summed E-state index contributed by atoms with van der Waals surface area (Å²) in [6, 6.07) is 0. The van der Waals surface area contributed by atoms with Crippen LogP contribution < -0.4 is 0 Å². The van der Waals surface area contributed by atoms with Gasteiger partial charge in [-0.15, -0.1) is 0 Å². The molecule has 2 atom stereocenters. The Labute approximate surface area is 137 Å². The number of aliphatic imine (C=N–C) groups is 2. The number of nitrogens with zero attached hydrogens (tertiary/aromatic N) is 2. The molecule has 8 heteroatoms. The van der Waals surface area contributed by atoms with Gasteiger partial charge in [0.2, 0.25) is 12.2 Å². The van der Waals surface area contributed by atoms with Crippen LogP contribution >= 0.6 is 63.7 Å². The van der Waals surface area contributed by atoms with E-state index in [1.165, 1.54) is 12.2 Å². The number of hydrogen-bond acceptors (Lipinski definition) is 4. The number of hydrogen-bond donors (Lipinski definition) is 0. The van der Waals surface area contributed by atoms with Gasteiger partial charge in [0.25, 0.3) is 0 Å². The molecule has 96 valence electrons. The molecule has 18 heavy (non-hydrogen) atoms. The van der Waals surface area contributed by atoms with Crippen molar-refractivity contribution in [3.05, 3.63) is 19.0 Å². The summed E-state index contributed by atoms with van der Waals surface area (Å²) in [6.45, 7) is 3.47. The largest absolute Gasteiger partial charge is 0.236 e. The van der Waals surface area contributed by atoms with Crippen molar-refractivity contribution in [2.24, 2.45) is 9.98 Å². The molecule has 0 aromatic carbocycles. The van der Waals surface area contributed by atoms with Gasteiger partial charge in [0.1, 0.15) is 5.54 Å². The number of carbonyl (C=O) groups excluding carboxylic acids is 2. The van der Waals surface area contributed by atoms with Crippen LogP contribution in [0.4, 0.5) is 0 Å². The predicted octanol–water partition coefficient (Wildman–Crippen LogP) is 4.19. The third-order valence-corrected chi connectivity index (χ3v) is 8.42. The van der Waals surface area contributed by atoms with Gasteiger partial charge in [-0.3, -0.25) is 0 Å². The zero-order chi connectivity index (χ0) is 14.1. The van der Waals surface area contributed by atoms with E-state index in [1.54, 1.807) is 6.92 Å². The van der Waals surface area contributed by atoms with Crippen molar-refractivity contribution in [2.45, 2.75) is 23.8 Å². The maximum atomic E-state index is 10.7. The molecule has 1 aliphatic carbocycles. The Bertz CT molecular complexity index is 508. The third-order valence-electron chi connectivity index (χ3n) is 2.68. The standard InChI is InChI=1S/C10H6Br4N2O2/c1-5-6(11)8(13)9(2,15-3-17)10(14,7(5)12)16-4-18/h1-2H3. The van der Waals surface area contributed by atoms with Crippen LogP contribution in [-0.2, 0) is 9.59 Å². The van der Waals surface area contributed by atoms with Crippen LogP contribution in [0.1, 0.15) is 13.8 Å². The quantitative estimate of drug-likeness (QED) is 0.245. The molecule has 0 amide bonds. The SMILES string of the molecule is CC1=C(Br)C(Br)(N=C=O)C(C)(N=C=O)C(Br)=C1Br. The van der Waals surface area contributed by atoms with Gasteiger partial charge in [-0.05, 0) is 51.3 Å². The van der Waals surface area contributed by atoms with Gasteiger partial charge in [0, 0.05) is 13.4 Å². The van der Waals surface area contributed by atoms with Gasteiger partial charge in [0.05, 0.1) is 0 Å². The molecule has 0 radical (unpaired) electrons. The van der Waals surface area contributed by atoms with E-state index in [0.29, 0.717) is 8.96 Å². The van der Waals surface area contributed by atoms with Gasteiger partial charge >= 0.3 is 0 Å². The third kappa shape index (κ3) is 2.19. The summed E-state index contributed by atoms with van der Waals surface area (Å²) in [5.74, 6) is 0. The molecule has 0 aromatic heterocycles. The van der Waals surface area contributed by atoms with Gasteiger partial charge in [-0.2, -0.15) is 9.98 Å². The summed E-state index contributed by atoms with van der Waals surface area (Å²) in [5.41, 5.74) is -0.333. The van der Waals surface area contributed by atoms with E-state index in [9.17, 15) is 9.59 Å². The number of rotatable bonds is 2. The van der Waals surface area contributed by atoms with Crippen LogP contribution in [0.3, 0.4) is 0 Å². The number of allylic oxidation sites excluding steroid dienone is 2. The average Bonchev–Trinajstić information content (AvgIpc) is 2.34. The molecule has 0 saturated carbocycles. The molecule has 2 unspecified atom stereocenters. The Morgan fingerprint density at radius 1 is 1.06 bits per heavy atom. The second-order valence-corrected chi connectivity index (χ2v) is 7.19. The van der Waals surface area contributed by atoms with Crippen LogP contribution in [0.2, 0.25) is 0 Å². The predicted molar refractivity (Wildman–Crippen MR) is 82.8 cm³/mol. The van der Waals surface area contributed by atoms with E-state index in [2.05, 4.69) is 73.7 Å². The monoisotopic (exact) mass is 502 g/mol. The fourth-order valence-corrected chi connectivity index (χ4v) is 4.64. The van der Waals surface area contributed by atoms with Gasteiger partial charge in [-0.25, -0.2) is 9.59 Å².